The number of aliphatic hydroxyl groups is 1. The van der Waals surface area contributed by atoms with Gasteiger partial charge in [-0.15, -0.1) is 0 Å². The van der Waals surface area contributed by atoms with Gasteiger partial charge in [-0.1, -0.05) is 28.1 Å². The summed E-state index contributed by atoms with van der Waals surface area (Å²) in [5, 5.41) is 10.5. The molecule has 1 aromatic rings. The van der Waals surface area contributed by atoms with Crippen LogP contribution in [0.15, 0.2) is 28.7 Å². The van der Waals surface area contributed by atoms with Crippen LogP contribution in [0.5, 0.6) is 0 Å². The predicted molar refractivity (Wildman–Crippen MR) is 64.8 cm³/mol. The zero-order valence-electron chi connectivity index (χ0n) is 8.91. The third-order valence-electron chi connectivity index (χ3n) is 3.18. The summed E-state index contributed by atoms with van der Waals surface area (Å²) < 4.78 is 1.03. The van der Waals surface area contributed by atoms with Gasteiger partial charge < -0.3 is 10.0 Å². The summed E-state index contributed by atoms with van der Waals surface area (Å²) in [6.45, 7) is 1.92. The van der Waals surface area contributed by atoms with E-state index in [2.05, 4.69) is 27.9 Å². The Morgan fingerprint density at radius 1 is 1.33 bits per heavy atom. The summed E-state index contributed by atoms with van der Waals surface area (Å²) in [6.07, 6.45) is 1.64. The molecule has 15 heavy (non-hydrogen) atoms. The highest BCUT2D eigenvalue weighted by atomic mass is 79.9. The zero-order chi connectivity index (χ0) is 10.9. The summed E-state index contributed by atoms with van der Waals surface area (Å²) >= 11 is 3.44. The number of piperidine rings is 1. The van der Waals surface area contributed by atoms with Crippen molar-refractivity contribution in [3.8, 4) is 0 Å². The molecule has 0 amide bonds. The number of nitrogens with zero attached hydrogens (tertiary/aromatic N) is 1. The Morgan fingerprint density at radius 2 is 2.00 bits per heavy atom. The van der Waals surface area contributed by atoms with E-state index >= 15 is 0 Å². The minimum atomic E-state index is -0.629. The topological polar surface area (TPSA) is 23.5 Å². The van der Waals surface area contributed by atoms with Crippen molar-refractivity contribution in [2.75, 3.05) is 20.1 Å². The first-order valence-corrected chi connectivity index (χ1v) is 6.06. The van der Waals surface area contributed by atoms with Crippen LogP contribution in [0, 0.1) is 0 Å². The fraction of sp³-hybridized carbons (Fsp3) is 0.500. The molecule has 0 unspecified atom stereocenters. The van der Waals surface area contributed by atoms with Crippen LogP contribution in [0.2, 0.25) is 0 Å². The lowest BCUT2D eigenvalue weighted by Gasteiger charge is -2.37. The first-order chi connectivity index (χ1) is 7.10. The molecule has 1 aromatic carbocycles. The Balaban J connectivity index is 2.22. The second-order valence-electron chi connectivity index (χ2n) is 4.35. The predicted octanol–water partition coefficient (Wildman–Crippen LogP) is 2.36. The van der Waals surface area contributed by atoms with Gasteiger partial charge in [-0.3, -0.25) is 0 Å². The van der Waals surface area contributed by atoms with E-state index in [1.165, 1.54) is 0 Å². The summed E-state index contributed by atoms with van der Waals surface area (Å²) in [4.78, 5) is 2.26. The SMILES string of the molecule is CN1CCC(O)(c2cccc(Br)c2)CC1. The molecule has 0 aromatic heterocycles. The zero-order valence-corrected chi connectivity index (χ0v) is 10.5. The van der Waals surface area contributed by atoms with Gasteiger partial charge in [0.2, 0.25) is 0 Å². The Bertz CT molecular complexity index is 345. The number of hydrogen-bond acceptors (Lipinski definition) is 2. The number of halogens is 1. The van der Waals surface area contributed by atoms with Gasteiger partial charge in [0.1, 0.15) is 0 Å². The maximum Gasteiger partial charge on any atom is 0.0921 e. The number of rotatable bonds is 1. The molecule has 0 atom stereocenters. The molecule has 2 nitrogen and oxygen atoms in total. The van der Waals surface area contributed by atoms with Gasteiger partial charge >= 0.3 is 0 Å². The molecular formula is C12H16BrNO. The molecule has 82 valence electrons. The van der Waals surface area contributed by atoms with Crippen molar-refractivity contribution in [3.05, 3.63) is 34.3 Å². The van der Waals surface area contributed by atoms with Gasteiger partial charge in [-0.05, 0) is 37.6 Å². The van der Waals surface area contributed by atoms with E-state index in [-0.39, 0.29) is 0 Å². The largest absolute Gasteiger partial charge is 0.385 e. The number of likely N-dealkylation sites (tertiary alicyclic amines) is 1. The molecular weight excluding hydrogens is 254 g/mol. The standard InChI is InChI=1S/C12H16BrNO/c1-14-7-5-12(15,6-8-14)10-3-2-4-11(13)9-10/h2-4,9,15H,5-8H2,1H3. The van der Waals surface area contributed by atoms with E-state index in [4.69, 9.17) is 0 Å². The van der Waals surface area contributed by atoms with Gasteiger partial charge in [0.15, 0.2) is 0 Å². The lowest BCUT2D eigenvalue weighted by Crippen LogP contribution is -2.40. The molecule has 3 heteroatoms. The van der Waals surface area contributed by atoms with Crippen LogP contribution in [0.3, 0.4) is 0 Å². The fourth-order valence-electron chi connectivity index (χ4n) is 2.06. The number of hydrogen-bond donors (Lipinski definition) is 1. The van der Waals surface area contributed by atoms with Crippen molar-refractivity contribution in [1.29, 1.82) is 0 Å². The van der Waals surface area contributed by atoms with Crippen LogP contribution in [-0.4, -0.2) is 30.1 Å². The average molecular weight is 270 g/mol. The highest BCUT2D eigenvalue weighted by Gasteiger charge is 2.32. The first kappa shape index (κ1) is 11.1. The van der Waals surface area contributed by atoms with Crippen molar-refractivity contribution < 1.29 is 5.11 Å². The summed E-state index contributed by atoms with van der Waals surface area (Å²) in [7, 11) is 2.10. The quantitative estimate of drug-likeness (QED) is 0.846. The lowest BCUT2D eigenvalue weighted by atomic mass is 9.85. The maximum atomic E-state index is 10.5. The molecule has 0 radical (unpaired) electrons. The lowest BCUT2D eigenvalue weighted by molar-refractivity contribution is -0.0203. The average Bonchev–Trinajstić information content (AvgIpc) is 2.23. The monoisotopic (exact) mass is 269 g/mol. The van der Waals surface area contributed by atoms with Crippen LogP contribution in [0.25, 0.3) is 0 Å². The van der Waals surface area contributed by atoms with E-state index < -0.39 is 5.60 Å². The molecule has 1 heterocycles. The molecule has 0 aliphatic carbocycles. The molecule has 1 aliphatic heterocycles. The molecule has 2 rings (SSSR count). The maximum absolute atomic E-state index is 10.5. The van der Waals surface area contributed by atoms with Crippen LogP contribution in [-0.2, 0) is 5.60 Å². The smallest absolute Gasteiger partial charge is 0.0921 e. The molecule has 1 saturated heterocycles. The molecule has 1 aliphatic rings. The Morgan fingerprint density at radius 3 is 2.60 bits per heavy atom. The molecule has 0 saturated carbocycles. The molecule has 0 bridgehead atoms. The van der Waals surface area contributed by atoms with E-state index in [0.29, 0.717) is 0 Å². The summed E-state index contributed by atoms with van der Waals surface area (Å²) in [5.41, 5.74) is 0.404. The van der Waals surface area contributed by atoms with E-state index in [1.807, 2.05) is 24.3 Å². The van der Waals surface area contributed by atoms with Gasteiger partial charge in [0.25, 0.3) is 0 Å². The van der Waals surface area contributed by atoms with Gasteiger partial charge in [-0.25, -0.2) is 0 Å². The molecule has 1 N–H and O–H groups in total. The second-order valence-corrected chi connectivity index (χ2v) is 5.26. The Hall–Kier alpha value is -0.380. The second kappa shape index (κ2) is 4.24. The third-order valence-corrected chi connectivity index (χ3v) is 3.67. The van der Waals surface area contributed by atoms with E-state index in [1.54, 1.807) is 0 Å². The van der Waals surface area contributed by atoms with Crippen LogP contribution in [0.4, 0.5) is 0 Å². The highest BCUT2D eigenvalue weighted by Crippen LogP contribution is 2.33. The highest BCUT2D eigenvalue weighted by molar-refractivity contribution is 9.10. The van der Waals surface area contributed by atoms with Crippen LogP contribution < -0.4 is 0 Å². The van der Waals surface area contributed by atoms with Crippen LogP contribution >= 0.6 is 15.9 Å². The molecule has 1 fully saturated rings. The van der Waals surface area contributed by atoms with E-state index in [0.717, 1.165) is 36.0 Å². The summed E-state index contributed by atoms with van der Waals surface area (Å²) in [5.74, 6) is 0. The van der Waals surface area contributed by atoms with Crippen molar-refractivity contribution in [1.82, 2.24) is 4.90 Å². The minimum absolute atomic E-state index is 0.629. The Kier molecular flexibility index (Phi) is 3.14. The van der Waals surface area contributed by atoms with Crippen LogP contribution in [0.1, 0.15) is 18.4 Å². The van der Waals surface area contributed by atoms with E-state index in [9.17, 15) is 5.11 Å². The number of benzene rings is 1. The van der Waals surface area contributed by atoms with Crippen molar-refractivity contribution in [2.45, 2.75) is 18.4 Å². The van der Waals surface area contributed by atoms with Crippen molar-refractivity contribution in [3.63, 3.8) is 0 Å². The minimum Gasteiger partial charge on any atom is -0.385 e. The van der Waals surface area contributed by atoms with Gasteiger partial charge in [-0.2, -0.15) is 0 Å². The normalized spacial score (nSPS) is 21.5. The van der Waals surface area contributed by atoms with Crippen molar-refractivity contribution in [2.24, 2.45) is 0 Å². The summed E-state index contributed by atoms with van der Waals surface area (Å²) in [6, 6.07) is 8.00. The van der Waals surface area contributed by atoms with Gasteiger partial charge in [0.05, 0.1) is 5.60 Å². The third kappa shape index (κ3) is 2.41. The first-order valence-electron chi connectivity index (χ1n) is 5.27. The van der Waals surface area contributed by atoms with Gasteiger partial charge in [0, 0.05) is 17.6 Å². The Labute approximate surface area is 99.0 Å². The van der Waals surface area contributed by atoms with Crippen molar-refractivity contribution >= 4 is 15.9 Å². The fourth-order valence-corrected chi connectivity index (χ4v) is 2.45. The molecule has 0 spiro atoms.